The van der Waals surface area contributed by atoms with E-state index in [9.17, 15) is 9.59 Å². The molecule has 0 saturated carbocycles. The molecule has 0 aliphatic heterocycles. The molecule has 1 unspecified atom stereocenters. The average molecular weight is 306 g/mol. The third-order valence-electron chi connectivity index (χ3n) is 2.05. The number of hydrogen-bond acceptors (Lipinski definition) is 2. The summed E-state index contributed by atoms with van der Waals surface area (Å²) in [6.07, 6.45) is -0.190. The van der Waals surface area contributed by atoms with E-state index >= 15 is 0 Å². The van der Waals surface area contributed by atoms with Crippen LogP contribution >= 0.6 is 27.5 Å². The fraction of sp³-hybridized carbons (Fsp3) is 0.273. The van der Waals surface area contributed by atoms with Crippen molar-refractivity contribution in [3.05, 3.63) is 33.8 Å². The second-order valence-electron chi connectivity index (χ2n) is 3.32. The minimum atomic E-state index is -0.977. The van der Waals surface area contributed by atoms with Gasteiger partial charge in [-0.25, -0.2) is 0 Å². The lowest BCUT2D eigenvalue weighted by atomic mass is 9.99. The van der Waals surface area contributed by atoms with Gasteiger partial charge in [0, 0.05) is 10.0 Å². The first-order valence-corrected chi connectivity index (χ1v) is 5.84. The van der Waals surface area contributed by atoms with Crippen LogP contribution in [0.2, 0.25) is 0 Å². The lowest BCUT2D eigenvalue weighted by molar-refractivity contribution is -0.136. The summed E-state index contributed by atoms with van der Waals surface area (Å²) in [6.45, 7) is 1.56. The number of ketones is 1. The molecule has 1 aromatic rings. The minimum Gasteiger partial charge on any atom is -0.481 e. The Bertz CT molecular complexity index is 429. The van der Waals surface area contributed by atoms with Crippen LogP contribution in [-0.4, -0.2) is 22.2 Å². The van der Waals surface area contributed by atoms with Crippen LogP contribution in [0.1, 0.15) is 22.8 Å². The number of Topliss-reactive ketones (excluding diaryl/α,β-unsaturated/α-hetero) is 1. The molecule has 0 bridgehead atoms. The number of hydrogen-bond donors (Lipinski definition) is 1. The van der Waals surface area contributed by atoms with E-state index in [4.69, 9.17) is 16.7 Å². The van der Waals surface area contributed by atoms with Crippen molar-refractivity contribution in [3.8, 4) is 0 Å². The number of carboxylic acids is 1. The Balaban J connectivity index is 3.23. The zero-order valence-corrected chi connectivity index (χ0v) is 10.9. The molecule has 1 aromatic carbocycles. The van der Waals surface area contributed by atoms with Crippen molar-refractivity contribution in [2.45, 2.75) is 18.7 Å². The molecule has 0 radical (unpaired) electrons. The van der Waals surface area contributed by atoms with Gasteiger partial charge in [-0.1, -0.05) is 28.1 Å². The third kappa shape index (κ3) is 3.06. The summed E-state index contributed by atoms with van der Waals surface area (Å²) in [5.41, 5.74) is 0.826. The predicted molar refractivity (Wildman–Crippen MR) is 65.1 cm³/mol. The standard InChI is InChI=1S/C11H10BrClO3/c1-6(13)11(16)10-7(5-9(14)15)3-2-4-8(10)12/h2-4,6H,5H2,1H3,(H,14,15). The summed E-state index contributed by atoms with van der Waals surface area (Å²) in [7, 11) is 0. The Kier molecular flexibility index (Phi) is 4.50. The molecule has 0 aliphatic carbocycles. The van der Waals surface area contributed by atoms with Crippen LogP contribution in [0.3, 0.4) is 0 Å². The largest absolute Gasteiger partial charge is 0.481 e. The van der Waals surface area contributed by atoms with Crippen molar-refractivity contribution < 1.29 is 14.7 Å². The summed E-state index contributed by atoms with van der Waals surface area (Å²) in [5.74, 6) is -1.25. The van der Waals surface area contributed by atoms with Gasteiger partial charge in [0.1, 0.15) is 0 Å². The molecule has 0 heterocycles. The maximum absolute atomic E-state index is 11.8. The molecule has 0 aliphatic rings. The van der Waals surface area contributed by atoms with Crippen molar-refractivity contribution in [1.82, 2.24) is 0 Å². The Morgan fingerprint density at radius 2 is 2.12 bits per heavy atom. The molecule has 0 aromatic heterocycles. The van der Waals surface area contributed by atoms with Gasteiger partial charge in [-0.15, -0.1) is 11.6 Å². The van der Waals surface area contributed by atoms with Crippen LogP contribution in [0.15, 0.2) is 22.7 Å². The summed E-state index contributed by atoms with van der Waals surface area (Å²) < 4.78 is 0.573. The number of halogens is 2. The van der Waals surface area contributed by atoms with E-state index in [1.165, 1.54) is 0 Å². The smallest absolute Gasteiger partial charge is 0.307 e. The number of carboxylic acid groups (broad SMARTS) is 1. The molecular weight excluding hydrogens is 295 g/mol. The van der Waals surface area contributed by atoms with Crippen LogP contribution in [-0.2, 0) is 11.2 Å². The van der Waals surface area contributed by atoms with Gasteiger partial charge < -0.3 is 5.11 Å². The fourth-order valence-corrected chi connectivity index (χ4v) is 2.07. The molecule has 0 saturated heterocycles. The Morgan fingerprint density at radius 3 is 2.62 bits per heavy atom. The van der Waals surface area contributed by atoms with Crippen LogP contribution in [0.5, 0.6) is 0 Å². The average Bonchev–Trinajstić information content (AvgIpc) is 2.16. The highest BCUT2D eigenvalue weighted by atomic mass is 79.9. The van der Waals surface area contributed by atoms with Crippen molar-refractivity contribution >= 4 is 39.3 Å². The molecule has 1 rings (SSSR count). The van der Waals surface area contributed by atoms with Gasteiger partial charge in [0.25, 0.3) is 0 Å². The normalized spacial score (nSPS) is 12.2. The monoisotopic (exact) mass is 304 g/mol. The highest BCUT2D eigenvalue weighted by Crippen LogP contribution is 2.24. The molecule has 1 atom stereocenters. The van der Waals surface area contributed by atoms with E-state index in [0.29, 0.717) is 15.6 Å². The van der Waals surface area contributed by atoms with Crippen molar-refractivity contribution in [2.75, 3.05) is 0 Å². The number of benzene rings is 1. The minimum absolute atomic E-state index is 0.190. The van der Waals surface area contributed by atoms with Crippen LogP contribution in [0.25, 0.3) is 0 Å². The molecular formula is C11H10BrClO3. The lowest BCUT2D eigenvalue weighted by Gasteiger charge is -2.10. The maximum Gasteiger partial charge on any atom is 0.307 e. The van der Waals surface area contributed by atoms with Crippen LogP contribution < -0.4 is 0 Å². The predicted octanol–water partition coefficient (Wildman–Crippen LogP) is 2.89. The van der Waals surface area contributed by atoms with Crippen molar-refractivity contribution in [3.63, 3.8) is 0 Å². The quantitative estimate of drug-likeness (QED) is 0.687. The van der Waals surface area contributed by atoms with Crippen LogP contribution in [0, 0.1) is 0 Å². The molecule has 0 spiro atoms. The van der Waals surface area contributed by atoms with E-state index in [1.807, 2.05) is 0 Å². The molecule has 1 N–H and O–H groups in total. The summed E-state index contributed by atoms with van der Waals surface area (Å²) in [6, 6.07) is 5.00. The van der Waals surface area contributed by atoms with Crippen LogP contribution in [0.4, 0.5) is 0 Å². The second-order valence-corrected chi connectivity index (χ2v) is 4.83. The Morgan fingerprint density at radius 1 is 1.50 bits per heavy atom. The van der Waals surface area contributed by atoms with E-state index in [2.05, 4.69) is 15.9 Å². The van der Waals surface area contributed by atoms with Gasteiger partial charge in [-0.2, -0.15) is 0 Å². The fourth-order valence-electron chi connectivity index (χ4n) is 1.35. The van der Waals surface area contributed by atoms with Gasteiger partial charge in [-0.05, 0) is 18.6 Å². The summed E-state index contributed by atoms with van der Waals surface area (Å²) in [4.78, 5) is 22.5. The lowest BCUT2D eigenvalue weighted by Crippen LogP contribution is -2.15. The zero-order chi connectivity index (χ0) is 12.3. The number of alkyl halides is 1. The van der Waals surface area contributed by atoms with E-state index < -0.39 is 11.3 Å². The third-order valence-corrected chi connectivity index (χ3v) is 2.91. The van der Waals surface area contributed by atoms with Gasteiger partial charge in [0.05, 0.1) is 11.8 Å². The number of aliphatic carboxylic acids is 1. The molecule has 5 heteroatoms. The summed E-state index contributed by atoms with van der Waals surface area (Å²) >= 11 is 8.96. The Hall–Kier alpha value is -0.870. The first-order valence-electron chi connectivity index (χ1n) is 4.61. The zero-order valence-electron chi connectivity index (χ0n) is 8.54. The second kappa shape index (κ2) is 5.46. The molecule has 16 heavy (non-hydrogen) atoms. The SMILES string of the molecule is CC(Cl)C(=O)c1c(Br)cccc1CC(=O)O. The Labute approximate surface area is 107 Å². The topological polar surface area (TPSA) is 54.4 Å². The number of rotatable bonds is 4. The van der Waals surface area contributed by atoms with Gasteiger partial charge in [0.15, 0.2) is 5.78 Å². The number of carbonyl (C=O) groups is 2. The van der Waals surface area contributed by atoms with Crippen molar-refractivity contribution in [2.24, 2.45) is 0 Å². The van der Waals surface area contributed by atoms with Gasteiger partial charge in [-0.3, -0.25) is 9.59 Å². The molecule has 86 valence electrons. The molecule has 3 nitrogen and oxygen atoms in total. The summed E-state index contributed by atoms with van der Waals surface area (Å²) in [5, 5.41) is 8.07. The highest BCUT2D eigenvalue weighted by molar-refractivity contribution is 9.10. The first-order chi connectivity index (χ1) is 7.43. The van der Waals surface area contributed by atoms with E-state index in [-0.39, 0.29) is 12.2 Å². The van der Waals surface area contributed by atoms with E-state index in [1.54, 1.807) is 25.1 Å². The van der Waals surface area contributed by atoms with Gasteiger partial charge in [0.2, 0.25) is 0 Å². The van der Waals surface area contributed by atoms with Crippen molar-refractivity contribution in [1.29, 1.82) is 0 Å². The number of carbonyl (C=O) groups excluding carboxylic acids is 1. The van der Waals surface area contributed by atoms with Gasteiger partial charge >= 0.3 is 5.97 Å². The van der Waals surface area contributed by atoms with E-state index in [0.717, 1.165) is 0 Å². The molecule has 0 fully saturated rings. The molecule has 0 amide bonds. The first kappa shape index (κ1) is 13.2. The maximum atomic E-state index is 11.8. The highest BCUT2D eigenvalue weighted by Gasteiger charge is 2.20.